The van der Waals surface area contributed by atoms with E-state index in [0.29, 0.717) is 22.3 Å². The second-order valence-electron chi connectivity index (χ2n) is 11.1. The Morgan fingerprint density at radius 2 is 1.35 bits per heavy atom. The van der Waals surface area contributed by atoms with Crippen molar-refractivity contribution in [1.82, 2.24) is 9.80 Å². The molecule has 0 spiro atoms. The molecule has 1 aliphatic heterocycles. The van der Waals surface area contributed by atoms with E-state index in [0.717, 1.165) is 55.9 Å². The Bertz CT molecular complexity index is 1960. The molecule has 232 valence electrons. The zero-order valence-corrected chi connectivity index (χ0v) is 26.6. The topological polar surface area (TPSA) is 149 Å². The second-order valence-corrected chi connectivity index (χ2v) is 11.1. The summed E-state index contributed by atoms with van der Waals surface area (Å²) < 4.78 is 0. The van der Waals surface area contributed by atoms with Crippen molar-refractivity contribution in [2.75, 3.05) is 33.2 Å². The van der Waals surface area contributed by atoms with E-state index in [1.807, 2.05) is 60.7 Å². The lowest BCUT2D eigenvalue weighted by Crippen LogP contribution is -2.44. The summed E-state index contributed by atoms with van der Waals surface area (Å²) in [6, 6.07) is 30.2. The van der Waals surface area contributed by atoms with Crippen LogP contribution in [0, 0.1) is 73.9 Å². The smallest absolute Gasteiger partial charge is 0.160 e. The van der Waals surface area contributed by atoms with Gasteiger partial charge in [-0.05, 0) is 54.3 Å². The second kappa shape index (κ2) is 17.1. The number of rotatable bonds is 9. The molecule has 0 bridgehead atoms. The Morgan fingerprint density at radius 1 is 0.729 bits per heavy atom. The van der Waals surface area contributed by atoms with E-state index in [2.05, 4.69) is 29.0 Å². The van der Waals surface area contributed by atoms with Crippen LogP contribution in [0.1, 0.15) is 24.0 Å². The van der Waals surface area contributed by atoms with Gasteiger partial charge in [0.15, 0.2) is 5.92 Å². The molecule has 0 unspecified atom stereocenters. The Labute approximate surface area is 282 Å². The fourth-order valence-electron chi connectivity index (χ4n) is 5.79. The van der Waals surface area contributed by atoms with E-state index in [1.165, 1.54) is 0 Å². The molecular formula is C40H32N8. The lowest BCUT2D eigenvalue weighted by molar-refractivity contribution is 0.188. The van der Waals surface area contributed by atoms with Crippen molar-refractivity contribution in [2.24, 2.45) is 5.92 Å². The SMILES string of the molecule is CN1CCN(C2=C(/C=C/C=C(\C#N)C(=C(C#N)C#N)c3ccccc3)CC\C2=C/C=C/C(C#N)=C(\c2ccccc2)C(C#N)C#N)CC1. The number of nitriles is 6. The minimum Gasteiger partial charge on any atom is -0.369 e. The molecule has 0 atom stereocenters. The molecule has 0 aromatic heterocycles. The number of likely N-dealkylation sites (N-methyl/N-ethyl adjacent to an activating group) is 1. The summed E-state index contributed by atoms with van der Waals surface area (Å²) in [6.07, 6.45) is 12.4. The van der Waals surface area contributed by atoms with Crippen LogP contribution in [0.15, 0.2) is 131 Å². The fourth-order valence-corrected chi connectivity index (χ4v) is 5.79. The van der Waals surface area contributed by atoms with Crippen LogP contribution in [-0.4, -0.2) is 43.0 Å². The van der Waals surface area contributed by atoms with Gasteiger partial charge in [0.1, 0.15) is 17.7 Å². The van der Waals surface area contributed by atoms with Gasteiger partial charge in [0, 0.05) is 43.0 Å². The summed E-state index contributed by atoms with van der Waals surface area (Å²) in [5.41, 5.74) is 5.56. The first-order valence-electron chi connectivity index (χ1n) is 15.4. The lowest BCUT2D eigenvalue weighted by atomic mass is 9.90. The van der Waals surface area contributed by atoms with Crippen LogP contribution in [0.25, 0.3) is 11.1 Å². The highest BCUT2D eigenvalue weighted by molar-refractivity contribution is 5.89. The van der Waals surface area contributed by atoms with Crippen LogP contribution in [-0.2, 0) is 0 Å². The Morgan fingerprint density at radius 3 is 1.92 bits per heavy atom. The highest BCUT2D eigenvalue weighted by Crippen LogP contribution is 2.36. The molecule has 2 aromatic carbocycles. The minimum absolute atomic E-state index is 0.130. The lowest BCUT2D eigenvalue weighted by Gasteiger charge is -2.36. The summed E-state index contributed by atoms with van der Waals surface area (Å²) in [5.74, 6) is -1.09. The maximum Gasteiger partial charge on any atom is 0.160 e. The van der Waals surface area contributed by atoms with Gasteiger partial charge in [0.2, 0.25) is 0 Å². The van der Waals surface area contributed by atoms with Crippen LogP contribution in [0.2, 0.25) is 0 Å². The van der Waals surface area contributed by atoms with Crippen molar-refractivity contribution >= 4 is 11.1 Å². The van der Waals surface area contributed by atoms with Crippen LogP contribution < -0.4 is 0 Å². The standard InChI is InChI=1S/C40H32N8/c1-47-20-22-48(23-21-47)40-32(14-8-16-34(24-41)38(36(26-43)27-44)30-10-4-2-5-11-30)18-19-33(40)15-9-17-35(25-42)39(37(28-45)29-46)31-12-6-3-7-13-31/h2-17,36H,18-23H2,1H3/b15-9+,16-8+,32-14+,35-17+,38-34-. The highest BCUT2D eigenvalue weighted by Gasteiger charge is 2.26. The molecule has 8 heteroatoms. The van der Waals surface area contributed by atoms with Gasteiger partial charge in [-0.3, -0.25) is 0 Å². The van der Waals surface area contributed by atoms with Crippen LogP contribution in [0.4, 0.5) is 0 Å². The van der Waals surface area contributed by atoms with Crippen molar-refractivity contribution in [3.05, 3.63) is 142 Å². The van der Waals surface area contributed by atoms with Crippen LogP contribution in [0.3, 0.4) is 0 Å². The van der Waals surface area contributed by atoms with Gasteiger partial charge in [-0.1, -0.05) is 85.0 Å². The first-order valence-corrected chi connectivity index (χ1v) is 15.4. The third kappa shape index (κ3) is 8.12. The van der Waals surface area contributed by atoms with Crippen molar-refractivity contribution < 1.29 is 0 Å². The summed E-state index contributed by atoms with van der Waals surface area (Å²) in [6.45, 7) is 3.49. The quantitative estimate of drug-likeness (QED) is 0.216. The van der Waals surface area contributed by atoms with Crippen molar-refractivity contribution in [3.63, 3.8) is 0 Å². The molecule has 0 saturated carbocycles. The Kier molecular flexibility index (Phi) is 12.2. The zero-order chi connectivity index (χ0) is 34.3. The minimum atomic E-state index is -1.09. The van der Waals surface area contributed by atoms with Crippen molar-refractivity contribution in [2.45, 2.75) is 12.8 Å². The van der Waals surface area contributed by atoms with Gasteiger partial charge >= 0.3 is 0 Å². The largest absolute Gasteiger partial charge is 0.369 e. The van der Waals surface area contributed by atoms with E-state index in [-0.39, 0.29) is 16.7 Å². The zero-order valence-electron chi connectivity index (χ0n) is 26.6. The first-order chi connectivity index (χ1) is 23.5. The molecule has 2 aliphatic rings. The molecule has 0 N–H and O–H groups in total. The number of allylic oxidation sites excluding steroid dienone is 13. The first kappa shape index (κ1) is 34.2. The molecule has 48 heavy (non-hydrogen) atoms. The molecule has 0 radical (unpaired) electrons. The van der Waals surface area contributed by atoms with Gasteiger partial charge in [-0.2, -0.15) is 31.6 Å². The monoisotopic (exact) mass is 624 g/mol. The van der Waals surface area contributed by atoms with E-state index in [9.17, 15) is 31.6 Å². The number of benzene rings is 2. The van der Waals surface area contributed by atoms with E-state index in [1.54, 1.807) is 60.7 Å². The van der Waals surface area contributed by atoms with E-state index in [4.69, 9.17) is 0 Å². The molecule has 4 rings (SSSR count). The molecule has 1 heterocycles. The van der Waals surface area contributed by atoms with Crippen molar-refractivity contribution in [3.8, 4) is 36.4 Å². The molecule has 8 nitrogen and oxygen atoms in total. The number of hydrogen-bond donors (Lipinski definition) is 0. The predicted octanol–water partition coefficient (Wildman–Crippen LogP) is 6.91. The number of piperazine rings is 1. The number of nitrogens with zero attached hydrogens (tertiary/aromatic N) is 8. The van der Waals surface area contributed by atoms with Crippen LogP contribution >= 0.6 is 0 Å². The molecular weight excluding hydrogens is 592 g/mol. The predicted molar refractivity (Wildman–Crippen MR) is 184 cm³/mol. The summed E-state index contributed by atoms with van der Waals surface area (Å²) in [5, 5.41) is 58.7. The molecule has 1 saturated heterocycles. The summed E-state index contributed by atoms with van der Waals surface area (Å²) in [7, 11) is 2.10. The number of hydrogen-bond acceptors (Lipinski definition) is 8. The fraction of sp³-hybridized carbons (Fsp3) is 0.200. The van der Waals surface area contributed by atoms with Gasteiger partial charge < -0.3 is 9.80 Å². The third-order valence-corrected chi connectivity index (χ3v) is 8.18. The summed E-state index contributed by atoms with van der Waals surface area (Å²) in [4.78, 5) is 4.64. The molecule has 1 aliphatic carbocycles. The summed E-state index contributed by atoms with van der Waals surface area (Å²) >= 11 is 0. The van der Waals surface area contributed by atoms with Crippen molar-refractivity contribution in [1.29, 1.82) is 31.6 Å². The van der Waals surface area contributed by atoms with E-state index >= 15 is 0 Å². The average molecular weight is 625 g/mol. The van der Waals surface area contributed by atoms with Gasteiger partial charge in [-0.25, -0.2) is 0 Å². The normalized spacial score (nSPS) is 16.5. The van der Waals surface area contributed by atoms with E-state index < -0.39 is 5.92 Å². The maximum atomic E-state index is 10.1. The van der Waals surface area contributed by atoms with Gasteiger partial charge in [0.05, 0.1) is 35.4 Å². The van der Waals surface area contributed by atoms with Gasteiger partial charge in [0.25, 0.3) is 0 Å². The average Bonchev–Trinajstić information content (AvgIpc) is 3.53. The van der Waals surface area contributed by atoms with Gasteiger partial charge in [-0.15, -0.1) is 0 Å². The Balaban J connectivity index is 1.75. The third-order valence-electron chi connectivity index (χ3n) is 8.18. The highest BCUT2D eigenvalue weighted by atomic mass is 15.3. The Hall–Kier alpha value is -6.68. The molecule has 0 amide bonds. The maximum absolute atomic E-state index is 10.1. The molecule has 1 fully saturated rings. The van der Waals surface area contributed by atoms with Crippen LogP contribution in [0.5, 0.6) is 0 Å². The molecule has 2 aromatic rings.